The van der Waals surface area contributed by atoms with Crippen molar-refractivity contribution >= 4 is 38.9 Å². The molecule has 2 heterocycles. The van der Waals surface area contributed by atoms with E-state index in [9.17, 15) is 18.0 Å². The Morgan fingerprint density at radius 3 is 2.41 bits per heavy atom. The molecule has 0 saturated carbocycles. The Bertz CT molecular complexity index is 1140. The van der Waals surface area contributed by atoms with E-state index in [4.69, 9.17) is 15.2 Å². The van der Waals surface area contributed by atoms with Crippen LogP contribution in [-0.2, 0) is 19.6 Å². The molecule has 2 aliphatic rings. The zero-order valence-electron chi connectivity index (χ0n) is 18.6. The highest BCUT2D eigenvalue weighted by molar-refractivity contribution is 8.14. The number of hydrogen-bond donors (Lipinski definition) is 3. The fourth-order valence-corrected chi connectivity index (χ4v) is 5.70. The number of carbonyl (C=O) groups is 2. The molecule has 0 unspecified atom stereocenters. The molecule has 0 aromatic heterocycles. The van der Waals surface area contributed by atoms with Gasteiger partial charge in [-0.1, -0.05) is 59.8 Å². The number of fused-ring (bicyclic) bond motifs is 1. The van der Waals surface area contributed by atoms with Crippen molar-refractivity contribution in [3.63, 3.8) is 0 Å². The van der Waals surface area contributed by atoms with Gasteiger partial charge in [0, 0.05) is 25.3 Å². The van der Waals surface area contributed by atoms with Crippen LogP contribution >= 0.6 is 11.8 Å². The molecule has 0 radical (unpaired) electrons. The van der Waals surface area contributed by atoms with Crippen LogP contribution in [0.2, 0.25) is 0 Å². The van der Waals surface area contributed by atoms with Crippen molar-refractivity contribution in [3.05, 3.63) is 65.7 Å². The lowest BCUT2D eigenvalue weighted by Gasteiger charge is -2.14. The number of thioether (sulfide) groups is 1. The van der Waals surface area contributed by atoms with Crippen molar-refractivity contribution in [3.8, 4) is 0 Å². The number of aliphatic imine (C=N–C) groups is 1. The fourth-order valence-electron chi connectivity index (χ4n) is 3.43. The van der Waals surface area contributed by atoms with Crippen LogP contribution in [0.3, 0.4) is 0 Å². The normalized spacial score (nSPS) is 17.9. The molecule has 3 N–H and O–H groups in total. The van der Waals surface area contributed by atoms with E-state index in [0.29, 0.717) is 6.04 Å². The lowest BCUT2D eigenvalue weighted by atomic mass is 10.1. The Kier molecular flexibility index (Phi) is 8.70. The van der Waals surface area contributed by atoms with Crippen LogP contribution in [0.25, 0.3) is 0 Å². The average molecular weight is 506 g/mol. The SMILES string of the molecule is Cc1ccc(S(=O)(=O)N[C@@H](CCC(=O)O)C(=O)O)cc1.c1ccc([C@H]2CN3CCSC3=N2)cc1. The average Bonchev–Trinajstić information content (AvgIpc) is 3.40. The summed E-state index contributed by atoms with van der Waals surface area (Å²) in [4.78, 5) is 28.4. The van der Waals surface area contributed by atoms with E-state index < -0.39 is 34.4 Å². The van der Waals surface area contributed by atoms with Crippen LogP contribution in [0.1, 0.15) is 30.0 Å². The predicted octanol–water partition coefficient (Wildman–Crippen LogP) is 2.74. The molecule has 2 aliphatic heterocycles. The molecule has 9 nitrogen and oxygen atoms in total. The third-order valence-corrected chi connectivity index (χ3v) is 7.78. The van der Waals surface area contributed by atoms with E-state index in [1.165, 1.54) is 35.2 Å². The zero-order chi connectivity index (χ0) is 24.7. The summed E-state index contributed by atoms with van der Waals surface area (Å²) in [5.41, 5.74) is 2.21. The van der Waals surface area contributed by atoms with Gasteiger partial charge in [-0.05, 0) is 31.0 Å². The molecule has 2 aromatic carbocycles. The van der Waals surface area contributed by atoms with Gasteiger partial charge in [-0.15, -0.1) is 0 Å². The summed E-state index contributed by atoms with van der Waals surface area (Å²) >= 11 is 1.89. The van der Waals surface area contributed by atoms with E-state index in [-0.39, 0.29) is 11.3 Å². The molecule has 2 atom stereocenters. The first-order valence-corrected chi connectivity index (χ1v) is 13.2. The molecule has 1 fully saturated rings. The molecule has 0 amide bonds. The number of aliphatic carboxylic acids is 2. The number of nitrogens with one attached hydrogen (secondary N) is 1. The first-order chi connectivity index (χ1) is 16.2. The zero-order valence-corrected chi connectivity index (χ0v) is 20.3. The Hall–Kier alpha value is -2.89. The van der Waals surface area contributed by atoms with Crippen LogP contribution in [0.15, 0.2) is 64.5 Å². The van der Waals surface area contributed by atoms with Crippen molar-refractivity contribution in [2.45, 2.75) is 36.7 Å². The first-order valence-electron chi connectivity index (χ1n) is 10.7. The van der Waals surface area contributed by atoms with Gasteiger partial charge in [0.05, 0.1) is 10.9 Å². The smallest absolute Gasteiger partial charge is 0.321 e. The maximum absolute atomic E-state index is 12.0. The number of nitrogens with zero attached hydrogens (tertiary/aromatic N) is 2. The van der Waals surface area contributed by atoms with Gasteiger partial charge >= 0.3 is 11.9 Å². The highest BCUT2D eigenvalue weighted by Crippen LogP contribution is 2.31. The summed E-state index contributed by atoms with van der Waals surface area (Å²) in [6, 6.07) is 15.4. The number of benzene rings is 2. The summed E-state index contributed by atoms with van der Waals surface area (Å²) in [6.45, 7) is 4.04. The second-order valence-electron chi connectivity index (χ2n) is 7.89. The highest BCUT2D eigenvalue weighted by atomic mass is 32.2. The van der Waals surface area contributed by atoms with Crippen LogP contribution in [0.4, 0.5) is 0 Å². The monoisotopic (exact) mass is 505 g/mol. The molecule has 0 aliphatic carbocycles. The molecule has 0 spiro atoms. The quantitative estimate of drug-likeness (QED) is 0.498. The van der Waals surface area contributed by atoms with Crippen molar-refractivity contribution in [1.29, 1.82) is 0 Å². The second-order valence-corrected chi connectivity index (χ2v) is 10.7. The molecule has 0 bridgehead atoms. The maximum atomic E-state index is 12.0. The summed E-state index contributed by atoms with van der Waals surface area (Å²) in [5.74, 6) is -1.40. The van der Waals surface area contributed by atoms with Crippen molar-refractivity contribution < 1.29 is 28.2 Å². The summed E-state index contributed by atoms with van der Waals surface area (Å²) in [6.07, 6.45) is -0.761. The Morgan fingerprint density at radius 1 is 1.15 bits per heavy atom. The molecule has 1 saturated heterocycles. The number of rotatable bonds is 8. The number of amidine groups is 1. The van der Waals surface area contributed by atoms with Crippen LogP contribution in [0, 0.1) is 6.92 Å². The minimum absolute atomic E-state index is 0.0651. The topological polar surface area (TPSA) is 136 Å². The second kappa shape index (κ2) is 11.5. The van der Waals surface area contributed by atoms with Crippen LogP contribution in [0.5, 0.6) is 0 Å². The summed E-state index contributed by atoms with van der Waals surface area (Å²) in [5, 5.41) is 18.7. The number of hydrogen-bond acceptors (Lipinski definition) is 7. The van der Waals surface area contributed by atoms with Gasteiger partial charge in [0.15, 0.2) is 5.17 Å². The summed E-state index contributed by atoms with van der Waals surface area (Å²) < 4.78 is 26.0. The van der Waals surface area contributed by atoms with Crippen molar-refractivity contribution in [1.82, 2.24) is 9.62 Å². The molecule has 4 rings (SSSR count). The first kappa shape index (κ1) is 25.7. The highest BCUT2D eigenvalue weighted by Gasteiger charge is 2.30. The molecule has 2 aromatic rings. The van der Waals surface area contributed by atoms with Gasteiger partial charge in [-0.25, -0.2) is 8.42 Å². The minimum Gasteiger partial charge on any atom is -0.481 e. The van der Waals surface area contributed by atoms with Gasteiger partial charge in [0.1, 0.15) is 6.04 Å². The van der Waals surface area contributed by atoms with E-state index in [1.807, 2.05) is 16.5 Å². The Balaban J connectivity index is 0.000000201. The number of carboxylic acid groups (broad SMARTS) is 2. The summed E-state index contributed by atoms with van der Waals surface area (Å²) in [7, 11) is -3.99. The third-order valence-electron chi connectivity index (χ3n) is 5.28. The Labute approximate surface area is 202 Å². The lowest BCUT2D eigenvalue weighted by molar-refractivity contribution is -0.140. The number of aryl methyl sites for hydroxylation is 1. The lowest BCUT2D eigenvalue weighted by Crippen LogP contribution is -2.41. The van der Waals surface area contributed by atoms with Crippen molar-refractivity contribution in [2.24, 2.45) is 4.99 Å². The molecular weight excluding hydrogens is 478 g/mol. The van der Waals surface area contributed by atoms with Gasteiger partial charge in [-0.2, -0.15) is 4.72 Å². The maximum Gasteiger partial charge on any atom is 0.321 e. The molecular formula is C23H27N3O6S2. The van der Waals surface area contributed by atoms with Crippen LogP contribution < -0.4 is 4.72 Å². The number of carboxylic acids is 2. The van der Waals surface area contributed by atoms with Crippen molar-refractivity contribution in [2.75, 3.05) is 18.8 Å². The largest absolute Gasteiger partial charge is 0.481 e. The molecule has 11 heteroatoms. The van der Waals surface area contributed by atoms with Gasteiger partial charge in [0.25, 0.3) is 0 Å². The van der Waals surface area contributed by atoms with E-state index in [2.05, 4.69) is 35.2 Å². The van der Waals surface area contributed by atoms with Gasteiger partial charge in [0.2, 0.25) is 10.0 Å². The fraction of sp³-hybridized carbons (Fsp3) is 0.348. The van der Waals surface area contributed by atoms with E-state index in [1.54, 1.807) is 19.1 Å². The van der Waals surface area contributed by atoms with E-state index in [0.717, 1.165) is 12.1 Å². The van der Waals surface area contributed by atoms with Gasteiger partial charge < -0.3 is 15.1 Å². The van der Waals surface area contributed by atoms with Gasteiger partial charge in [-0.3, -0.25) is 14.6 Å². The van der Waals surface area contributed by atoms with E-state index >= 15 is 0 Å². The third kappa shape index (κ3) is 7.05. The molecule has 34 heavy (non-hydrogen) atoms. The molecule has 182 valence electrons. The minimum atomic E-state index is -3.99. The number of sulfonamides is 1. The van der Waals surface area contributed by atoms with Crippen LogP contribution in [-0.4, -0.2) is 65.5 Å². The standard InChI is InChI=1S/C12H15NO6S.C11H12N2S/c1-8-2-4-9(5-3-8)20(18,19)13-10(12(16)17)6-7-11(14)15;1-2-4-9(5-3-1)10-8-13-6-7-14-11(13)12-10/h2-5,10,13H,6-7H2,1H3,(H,14,15)(H,16,17);1-5,10H,6-8H2/t2*10-/m01/s1. The Morgan fingerprint density at radius 2 is 1.82 bits per heavy atom. The predicted molar refractivity (Wildman–Crippen MR) is 130 cm³/mol.